The third kappa shape index (κ3) is 5.27. The second-order valence-electron chi connectivity index (χ2n) is 7.75. The molecule has 0 saturated heterocycles. The van der Waals surface area contributed by atoms with E-state index in [1.54, 1.807) is 54.6 Å². The number of hydrogen-bond acceptors (Lipinski definition) is 4. The molecule has 1 N–H and O–H groups in total. The highest BCUT2D eigenvalue weighted by atomic mass is 35.5. The van der Waals surface area contributed by atoms with Crippen molar-refractivity contribution in [2.75, 3.05) is 22.8 Å². The molecule has 1 heterocycles. The summed E-state index contributed by atoms with van der Waals surface area (Å²) in [5, 5.41) is 3.58. The molecule has 0 unspecified atom stereocenters. The number of ether oxygens (including phenoxy) is 1. The Hall–Kier alpha value is -2.74. The van der Waals surface area contributed by atoms with Crippen molar-refractivity contribution >= 4 is 50.5 Å². The van der Waals surface area contributed by atoms with Gasteiger partial charge in [0.2, 0.25) is 0 Å². The van der Waals surface area contributed by atoms with Gasteiger partial charge in [0.25, 0.3) is 15.9 Å². The van der Waals surface area contributed by atoms with Gasteiger partial charge in [0.05, 0.1) is 15.6 Å². The Morgan fingerprint density at radius 2 is 1.82 bits per heavy atom. The highest BCUT2D eigenvalue weighted by Crippen LogP contribution is 2.34. The van der Waals surface area contributed by atoms with Gasteiger partial charge in [0, 0.05) is 17.3 Å². The van der Waals surface area contributed by atoms with E-state index in [1.165, 1.54) is 10.4 Å². The van der Waals surface area contributed by atoms with Gasteiger partial charge in [-0.2, -0.15) is 0 Å². The van der Waals surface area contributed by atoms with E-state index >= 15 is 0 Å². The van der Waals surface area contributed by atoms with Gasteiger partial charge in [-0.05, 0) is 73.9 Å². The van der Waals surface area contributed by atoms with Crippen LogP contribution in [0.2, 0.25) is 10.0 Å². The summed E-state index contributed by atoms with van der Waals surface area (Å²) in [5.74, 6) is -0.000444. The molecule has 0 atom stereocenters. The molecular weight excluding hydrogens is 483 g/mol. The van der Waals surface area contributed by atoms with Crippen LogP contribution in [0.3, 0.4) is 0 Å². The molecule has 0 saturated carbocycles. The normalized spacial score (nSPS) is 13.4. The molecule has 0 spiro atoms. The van der Waals surface area contributed by atoms with Crippen molar-refractivity contribution in [3.05, 3.63) is 81.8 Å². The zero-order valence-electron chi connectivity index (χ0n) is 17.8. The molecule has 172 valence electrons. The highest BCUT2D eigenvalue weighted by molar-refractivity contribution is 7.92. The van der Waals surface area contributed by atoms with Gasteiger partial charge >= 0.3 is 0 Å². The monoisotopic (exact) mass is 504 g/mol. The van der Waals surface area contributed by atoms with E-state index in [4.69, 9.17) is 27.9 Å². The molecule has 1 aliphatic heterocycles. The first-order valence-electron chi connectivity index (χ1n) is 10.3. The number of fused-ring (bicyclic) bond motifs is 1. The fourth-order valence-corrected chi connectivity index (χ4v) is 5.66. The minimum atomic E-state index is -3.67. The number of amides is 1. The van der Waals surface area contributed by atoms with Crippen LogP contribution in [0.4, 0.5) is 11.4 Å². The van der Waals surface area contributed by atoms with Crippen molar-refractivity contribution < 1.29 is 17.9 Å². The maximum absolute atomic E-state index is 13.2. The maximum Gasteiger partial charge on any atom is 0.264 e. The smallest absolute Gasteiger partial charge is 0.264 e. The topological polar surface area (TPSA) is 75.7 Å². The van der Waals surface area contributed by atoms with E-state index in [9.17, 15) is 13.2 Å². The van der Waals surface area contributed by atoms with Crippen molar-refractivity contribution in [2.45, 2.75) is 24.7 Å². The van der Waals surface area contributed by atoms with Crippen LogP contribution in [0.15, 0.2) is 65.6 Å². The van der Waals surface area contributed by atoms with Gasteiger partial charge in [-0.3, -0.25) is 9.10 Å². The predicted octanol–water partition coefficient (Wildman–Crippen LogP) is 5.46. The van der Waals surface area contributed by atoms with Crippen molar-refractivity contribution in [2.24, 2.45) is 0 Å². The quantitative estimate of drug-likeness (QED) is 0.483. The summed E-state index contributed by atoms with van der Waals surface area (Å²) in [6.07, 6.45) is 1.41. The Morgan fingerprint density at radius 3 is 2.55 bits per heavy atom. The molecule has 3 aromatic carbocycles. The van der Waals surface area contributed by atoms with Gasteiger partial charge in [-0.15, -0.1) is 0 Å². The number of aryl methyl sites for hydroxylation is 2. The summed E-state index contributed by atoms with van der Waals surface area (Å²) in [7, 11) is -3.67. The van der Waals surface area contributed by atoms with Crippen LogP contribution in [-0.2, 0) is 21.2 Å². The molecule has 1 amide bonds. The second-order valence-corrected chi connectivity index (χ2v) is 10.5. The molecule has 9 heteroatoms. The summed E-state index contributed by atoms with van der Waals surface area (Å²) in [5.41, 5.74) is 3.05. The average Bonchev–Trinajstić information content (AvgIpc) is 2.78. The second kappa shape index (κ2) is 9.63. The van der Waals surface area contributed by atoms with E-state index in [2.05, 4.69) is 5.32 Å². The number of carbonyl (C=O) groups is 1. The number of halogens is 2. The van der Waals surface area contributed by atoms with E-state index in [-0.39, 0.29) is 17.4 Å². The molecule has 3 aromatic rings. The van der Waals surface area contributed by atoms with Crippen LogP contribution in [0.1, 0.15) is 17.5 Å². The lowest BCUT2D eigenvalue weighted by atomic mass is 10.0. The van der Waals surface area contributed by atoms with Crippen LogP contribution in [0.25, 0.3) is 0 Å². The Kier molecular flexibility index (Phi) is 6.83. The zero-order valence-corrected chi connectivity index (χ0v) is 20.2. The third-order valence-corrected chi connectivity index (χ3v) is 7.66. The lowest BCUT2D eigenvalue weighted by Crippen LogP contribution is -2.35. The number of carbonyl (C=O) groups excluding carboxylic acids is 1. The number of rotatable bonds is 6. The molecule has 0 fully saturated rings. The Morgan fingerprint density at radius 1 is 1.06 bits per heavy atom. The summed E-state index contributed by atoms with van der Waals surface area (Å²) < 4.78 is 33.3. The number of hydrogen-bond donors (Lipinski definition) is 1. The molecule has 0 aliphatic carbocycles. The van der Waals surface area contributed by atoms with Crippen LogP contribution in [0, 0.1) is 6.92 Å². The van der Waals surface area contributed by atoms with E-state index in [0.717, 1.165) is 17.5 Å². The van der Waals surface area contributed by atoms with Crippen LogP contribution in [0.5, 0.6) is 5.75 Å². The van der Waals surface area contributed by atoms with Crippen LogP contribution < -0.4 is 14.4 Å². The molecule has 0 bridgehead atoms. The van der Waals surface area contributed by atoms with E-state index < -0.39 is 10.0 Å². The number of nitrogens with one attached hydrogen (secondary N) is 1. The fraction of sp³-hybridized carbons (Fsp3) is 0.208. The predicted molar refractivity (Wildman–Crippen MR) is 131 cm³/mol. The van der Waals surface area contributed by atoms with Crippen molar-refractivity contribution in [3.8, 4) is 5.75 Å². The first kappa shape index (κ1) is 23.4. The standard InChI is InChI=1S/C24H22Cl2N2O4S/c1-16-4-8-20(9-5-16)33(30,31)28-12-2-3-17-13-19(7-10-22(17)28)27-24(29)15-32-23-11-6-18(25)14-21(23)26/h4-11,13-14H,2-3,12,15H2,1H3,(H,27,29). The van der Waals surface area contributed by atoms with Gasteiger partial charge in [-0.25, -0.2) is 8.42 Å². The van der Waals surface area contributed by atoms with E-state index in [0.29, 0.717) is 40.1 Å². The molecule has 6 nitrogen and oxygen atoms in total. The molecule has 0 aromatic heterocycles. The minimum absolute atomic E-state index is 0.230. The van der Waals surface area contributed by atoms with Gasteiger partial charge < -0.3 is 10.1 Å². The van der Waals surface area contributed by atoms with Gasteiger partial charge in [0.1, 0.15) is 5.75 Å². The van der Waals surface area contributed by atoms with E-state index in [1.807, 2.05) is 6.92 Å². The third-order valence-electron chi connectivity index (χ3n) is 5.30. The minimum Gasteiger partial charge on any atom is -0.482 e. The van der Waals surface area contributed by atoms with Crippen molar-refractivity contribution in [1.82, 2.24) is 0 Å². The zero-order chi connectivity index (χ0) is 23.6. The Bertz CT molecular complexity index is 1290. The highest BCUT2D eigenvalue weighted by Gasteiger charge is 2.29. The summed E-state index contributed by atoms with van der Waals surface area (Å²) in [4.78, 5) is 12.6. The van der Waals surface area contributed by atoms with Gasteiger partial charge in [0.15, 0.2) is 6.61 Å². The lowest BCUT2D eigenvalue weighted by molar-refractivity contribution is -0.118. The number of anilines is 2. The largest absolute Gasteiger partial charge is 0.482 e. The summed E-state index contributed by atoms with van der Waals surface area (Å²) >= 11 is 11.9. The first-order chi connectivity index (χ1) is 15.7. The molecule has 0 radical (unpaired) electrons. The molecular formula is C24H22Cl2N2O4S. The maximum atomic E-state index is 13.2. The molecule has 33 heavy (non-hydrogen) atoms. The first-order valence-corrected chi connectivity index (χ1v) is 12.5. The van der Waals surface area contributed by atoms with Crippen LogP contribution >= 0.6 is 23.2 Å². The Balaban J connectivity index is 1.47. The van der Waals surface area contributed by atoms with Crippen molar-refractivity contribution in [1.29, 1.82) is 0 Å². The number of benzene rings is 3. The average molecular weight is 505 g/mol. The number of nitrogens with zero attached hydrogens (tertiary/aromatic N) is 1. The lowest BCUT2D eigenvalue weighted by Gasteiger charge is -2.31. The van der Waals surface area contributed by atoms with Crippen LogP contribution in [-0.4, -0.2) is 27.5 Å². The summed E-state index contributed by atoms with van der Waals surface area (Å²) in [6.45, 7) is 2.09. The van der Waals surface area contributed by atoms with Crippen molar-refractivity contribution in [3.63, 3.8) is 0 Å². The van der Waals surface area contributed by atoms with Gasteiger partial charge in [-0.1, -0.05) is 40.9 Å². The Labute approximate surface area is 203 Å². The number of sulfonamides is 1. The SMILES string of the molecule is Cc1ccc(S(=O)(=O)N2CCCc3cc(NC(=O)COc4ccc(Cl)cc4Cl)ccc32)cc1. The fourth-order valence-electron chi connectivity index (χ4n) is 3.66. The summed E-state index contributed by atoms with van der Waals surface area (Å²) in [6, 6.07) is 16.8. The molecule has 4 rings (SSSR count). The molecule has 1 aliphatic rings.